The van der Waals surface area contributed by atoms with Crippen LogP contribution in [-0.4, -0.2) is 83.2 Å². The Labute approximate surface area is 197 Å². The summed E-state index contributed by atoms with van der Waals surface area (Å²) < 4.78 is 6.12. The van der Waals surface area contributed by atoms with Crippen molar-refractivity contribution in [1.82, 2.24) is 15.1 Å². The van der Waals surface area contributed by atoms with Gasteiger partial charge in [-0.3, -0.25) is 15.0 Å². The van der Waals surface area contributed by atoms with Gasteiger partial charge in [-0.15, -0.1) is 0 Å². The average molecular weight is 466 g/mol. The van der Waals surface area contributed by atoms with E-state index in [0.29, 0.717) is 13.2 Å². The van der Waals surface area contributed by atoms with Crippen LogP contribution in [0, 0.1) is 5.41 Å². The van der Waals surface area contributed by atoms with Crippen LogP contribution in [0.25, 0.3) is 0 Å². The van der Waals surface area contributed by atoms with Crippen LogP contribution in [0.5, 0.6) is 0 Å². The number of amides is 1. The Balaban J connectivity index is 1.52. The standard InChI is InChI=1S/C24H43N5O4/c25-24(26)28-14-10-20(11-15-28)33-16-12-19-9-5-6-13-29(19)23(32)21(17-22(30)31)27-18-7-3-1-2-4-8-18/h18-21,27H,1-17H2,(H3,25,26)(H,30,31)/t19?,21-/m0/s1. The second-order valence-electron chi connectivity index (χ2n) is 9.92. The topological polar surface area (TPSA) is 132 Å². The van der Waals surface area contributed by atoms with Gasteiger partial charge in [-0.25, -0.2) is 0 Å². The van der Waals surface area contributed by atoms with E-state index in [1.807, 2.05) is 9.80 Å². The molecule has 1 amide bonds. The van der Waals surface area contributed by atoms with E-state index in [4.69, 9.17) is 15.9 Å². The zero-order valence-corrected chi connectivity index (χ0v) is 20.0. The molecule has 2 heterocycles. The molecule has 0 spiro atoms. The fourth-order valence-corrected chi connectivity index (χ4v) is 5.55. The fourth-order valence-electron chi connectivity index (χ4n) is 5.55. The lowest BCUT2D eigenvalue weighted by molar-refractivity contribution is -0.145. The number of nitrogens with zero attached hydrogens (tertiary/aromatic N) is 2. The third-order valence-electron chi connectivity index (χ3n) is 7.47. The van der Waals surface area contributed by atoms with Gasteiger partial charge in [-0.1, -0.05) is 25.7 Å². The largest absolute Gasteiger partial charge is 0.481 e. The Morgan fingerprint density at radius 2 is 1.67 bits per heavy atom. The third kappa shape index (κ3) is 8.14. The summed E-state index contributed by atoms with van der Waals surface area (Å²) in [6.07, 6.45) is 12.3. The second-order valence-corrected chi connectivity index (χ2v) is 9.92. The van der Waals surface area contributed by atoms with Gasteiger partial charge in [0, 0.05) is 38.3 Å². The summed E-state index contributed by atoms with van der Waals surface area (Å²) >= 11 is 0. The molecule has 188 valence electrons. The molecule has 3 rings (SSSR count). The number of piperidine rings is 2. The average Bonchev–Trinajstić information content (AvgIpc) is 3.07. The highest BCUT2D eigenvalue weighted by Crippen LogP contribution is 2.24. The van der Waals surface area contributed by atoms with Crippen molar-refractivity contribution in [3.8, 4) is 0 Å². The van der Waals surface area contributed by atoms with Crippen LogP contribution in [0.1, 0.15) is 83.5 Å². The number of nitrogens with two attached hydrogens (primary N) is 1. The molecule has 0 aromatic carbocycles. The molecular formula is C24H43N5O4. The van der Waals surface area contributed by atoms with Gasteiger partial charge in [0.2, 0.25) is 5.91 Å². The number of carboxylic acids is 1. The maximum Gasteiger partial charge on any atom is 0.305 e. The van der Waals surface area contributed by atoms with Crippen molar-refractivity contribution in [1.29, 1.82) is 5.41 Å². The molecule has 2 aliphatic heterocycles. The van der Waals surface area contributed by atoms with Crippen LogP contribution in [-0.2, 0) is 14.3 Å². The zero-order valence-electron chi connectivity index (χ0n) is 20.0. The van der Waals surface area contributed by atoms with E-state index in [-0.39, 0.29) is 36.5 Å². The molecule has 1 aliphatic carbocycles. The summed E-state index contributed by atoms with van der Waals surface area (Å²) in [7, 11) is 0. The summed E-state index contributed by atoms with van der Waals surface area (Å²) in [5.74, 6) is -0.859. The lowest BCUT2D eigenvalue weighted by Crippen LogP contribution is -2.55. The minimum atomic E-state index is -0.928. The number of rotatable bonds is 9. The van der Waals surface area contributed by atoms with Crippen LogP contribution in [0.3, 0.4) is 0 Å². The monoisotopic (exact) mass is 465 g/mol. The molecule has 5 N–H and O–H groups in total. The highest BCUT2D eigenvalue weighted by molar-refractivity contribution is 5.86. The number of guanidine groups is 1. The van der Waals surface area contributed by atoms with Crippen molar-refractivity contribution in [2.45, 2.75) is 108 Å². The van der Waals surface area contributed by atoms with Gasteiger partial charge in [-0.2, -0.15) is 0 Å². The van der Waals surface area contributed by atoms with Crippen molar-refractivity contribution in [3.05, 3.63) is 0 Å². The number of carboxylic acid groups (broad SMARTS) is 1. The number of hydrogen-bond donors (Lipinski definition) is 4. The van der Waals surface area contributed by atoms with Crippen LogP contribution in [0.15, 0.2) is 0 Å². The van der Waals surface area contributed by atoms with E-state index in [2.05, 4.69) is 5.32 Å². The Morgan fingerprint density at radius 1 is 1.00 bits per heavy atom. The van der Waals surface area contributed by atoms with Gasteiger partial charge in [-0.05, 0) is 51.4 Å². The van der Waals surface area contributed by atoms with Crippen molar-refractivity contribution >= 4 is 17.8 Å². The van der Waals surface area contributed by atoms with E-state index < -0.39 is 12.0 Å². The molecule has 1 unspecified atom stereocenters. The maximum absolute atomic E-state index is 13.5. The highest BCUT2D eigenvalue weighted by atomic mass is 16.5. The predicted octanol–water partition coefficient (Wildman–Crippen LogP) is 2.29. The molecule has 33 heavy (non-hydrogen) atoms. The third-order valence-corrected chi connectivity index (χ3v) is 7.47. The molecule has 2 saturated heterocycles. The normalized spacial score (nSPS) is 24.3. The van der Waals surface area contributed by atoms with E-state index in [9.17, 15) is 14.7 Å². The van der Waals surface area contributed by atoms with Crippen molar-refractivity contribution in [2.24, 2.45) is 5.73 Å². The van der Waals surface area contributed by atoms with Gasteiger partial charge in [0.15, 0.2) is 5.96 Å². The summed E-state index contributed by atoms with van der Waals surface area (Å²) in [6.45, 7) is 2.79. The number of carbonyl (C=O) groups excluding carboxylic acids is 1. The Morgan fingerprint density at radius 3 is 2.30 bits per heavy atom. The lowest BCUT2D eigenvalue weighted by atomic mass is 9.97. The zero-order chi connectivity index (χ0) is 23.6. The molecule has 1 saturated carbocycles. The van der Waals surface area contributed by atoms with Crippen LogP contribution in [0.4, 0.5) is 0 Å². The molecule has 3 aliphatic rings. The molecular weight excluding hydrogens is 422 g/mol. The number of carbonyl (C=O) groups is 2. The molecule has 0 radical (unpaired) electrons. The first-order valence-electron chi connectivity index (χ1n) is 12.9. The summed E-state index contributed by atoms with van der Waals surface area (Å²) in [6, 6.07) is -0.313. The molecule has 9 heteroatoms. The predicted molar refractivity (Wildman–Crippen MR) is 127 cm³/mol. The van der Waals surface area contributed by atoms with Gasteiger partial charge < -0.3 is 30.7 Å². The van der Waals surface area contributed by atoms with E-state index in [0.717, 1.165) is 77.3 Å². The first-order valence-corrected chi connectivity index (χ1v) is 12.9. The minimum Gasteiger partial charge on any atom is -0.481 e. The van der Waals surface area contributed by atoms with Gasteiger partial charge >= 0.3 is 5.97 Å². The number of ether oxygens (including phenoxy) is 1. The Kier molecular flexibility index (Phi) is 10.2. The molecule has 3 fully saturated rings. The first kappa shape index (κ1) is 25.7. The molecule has 2 atom stereocenters. The molecule has 0 bridgehead atoms. The fraction of sp³-hybridized carbons (Fsp3) is 0.875. The van der Waals surface area contributed by atoms with Crippen molar-refractivity contribution in [3.63, 3.8) is 0 Å². The number of aliphatic carboxylic acids is 1. The summed E-state index contributed by atoms with van der Waals surface area (Å²) in [5, 5.41) is 20.4. The Bertz CT molecular complexity index is 645. The van der Waals surface area contributed by atoms with E-state index in [1.54, 1.807) is 0 Å². The van der Waals surface area contributed by atoms with E-state index >= 15 is 0 Å². The van der Waals surface area contributed by atoms with Crippen molar-refractivity contribution in [2.75, 3.05) is 26.2 Å². The van der Waals surface area contributed by atoms with Gasteiger partial charge in [0.05, 0.1) is 18.6 Å². The maximum atomic E-state index is 13.5. The lowest BCUT2D eigenvalue weighted by Gasteiger charge is -2.39. The smallest absolute Gasteiger partial charge is 0.305 e. The van der Waals surface area contributed by atoms with Gasteiger partial charge in [0.1, 0.15) is 0 Å². The molecule has 9 nitrogen and oxygen atoms in total. The summed E-state index contributed by atoms with van der Waals surface area (Å²) in [5.41, 5.74) is 5.56. The van der Waals surface area contributed by atoms with Gasteiger partial charge in [0.25, 0.3) is 0 Å². The van der Waals surface area contributed by atoms with E-state index in [1.165, 1.54) is 12.8 Å². The number of hydrogen-bond acceptors (Lipinski definition) is 5. The van der Waals surface area contributed by atoms with Crippen LogP contribution < -0.4 is 11.1 Å². The molecule has 0 aromatic heterocycles. The summed E-state index contributed by atoms with van der Waals surface area (Å²) in [4.78, 5) is 28.8. The van der Waals surface area contributed by atoms with Crippen LogP contribution in [0.2, 0.25) is 0 Å². The second kappa shape index (κ2) is 13.1. The highest BCUT2D eigenvalue weighted by Gasteiger charge is 2.34. The number of likely N-dealkylation sites (tertiary alicyclic amines) is 2. The quantitative estimate of drug-likeness (QED) is 0.233. The first-order chi connectivity index (χ1) is 15.9. The SMILES string of the molecule is N=C(N)N1CCC(OCCC2CCCCN2C(=O)[C@H](CC(=O)O)NC2CCCCCC2)CC1. The molecule has 0 aromatic rings. The Hall–Kier alpha value is -1.87. The van der Waals surface area contributed by atoms with Crippen molar-refractivity contribution < 1.29 is 19.4 Å². The number of nitrogens with one attached hydrogen (secondary N) is 2. The van der Waals surface area contributed by atoms with Crippen LogP contribution >= 0.6 is 0 Å². The minimum absolute atomic E-state index is 0.0545.